The Morgan fingerprint density at radius 3 is 2.54 bits per heavy atom. The number of carboxylic acid groups (broad SMARTS) is 2. The molecule has 0 amide bonds. The van der Waals surface area contributed by atoms with Crippen LogP contribution < -0.4 is 5.32 Å². The summed E-state index contributed by atoms with van der Waals surface area (Å²) in [6.07, 6.45) is 3.31. The van der Waals surface area contributed by atoms with Crippen molar-refractivity contribution in [1.29, 1.82) is 0 Å². The largest absolute Gasteiger partial charge is 0.478 e. The van der Waals surface area contributed by atoms with Crippen LogP contribution in [0.15, 0.2) is 39.3 Å². The molecule has 24 heavy (non-hydrogen) atoms. The van der Waals surface area contributed by atoms with Crippen LogP contribution in [-0.4, -0.2) is 39.5 Å². The minimum absolute atomic E-state index is 0.558. The molecule has 0 saturated carbocycles. The van der Waals surface area contributed by atoms with E-state index in [0.29, 0.717) is 12.2 Å². The second kappa shape index (κ2) is 8.55. The lowest BCUT2D eigenvalue weighted by Crippen LogP contribution is -2.08. The summed E-state index contributed by atoms with van der Waals surface area (Å²) >= 11 is 5.25. The number of thiazole rings is 1. The number of fused-ring (bicyclic) bond motifs is 1. The molecule has 7 nitrogen and oxygen atoms in total. The van der Waals surface area contributed by atoms with Gasteiger partial charge in [0, 0.05) is 25.1 Å². The van der Waals surface area contributed by atoms with Crippen molar-refractivity contribution < 1.29 is 19.8 Å². The monoisotopic (exact) mass is 411 g/mol. The van der Waals surface area contributed by atoms with Gasteiger partial charge in [0.2, 0.25) is 0 Å². The standard InChI is InChI=1S/C11H10BrN3S.C4H4O4/c12-10-7(15-9-2-1-5-13-9)3-4-8-11(10)14-6-16-8;5-3(6)1-2-4(7)8/h3-4,6H,1-2,5H2,(H,13,15);1-2H,(H,5,6)(H,7,8)/b;2-1+. The molecule has 1 aliphatic rings. The highest BCUT2D eigenvalue weighted by molar-refractivity contribution is 9.10. The van der Waals surface area contributed by atoms with Gasteiger partial charge in [0.05, 0.1) is 25.9 Å². The lowest BCUT2D eigenvalue weighted by atomic mass is 10.2. The number of aliphatic carboxylic acids is 2. The van der Waals surface area contributed by atoms with Gasteiger partial charge < -0.3 is 15.5 Å². The molecular formula is C15H14BrN3O4S. The van der Waals surface area contributed by atoms with Gasteiger partial charge >= 0.3 is 11.9 Å². The molecule has 0 aliphatic carbocycles. The highest BCUT2D eigenvalue weighted by Crippen LogP contribution is 2.32. The molecule has 0 bridgehead atoms. The predicted molar refractivity (Wildman–Crippen MR) is 96.9 cm³/mol. The van der Waals surface area contributed by atoms with Crippen molar-refractivity contribution in [1.82, 2.24) is 4.98 Å². The topological polar surface area (TPSA) is 112 Å². The summed E-state index contributed by atoms with van der Waals surface area (Å²) in [7, 11) is 0. The Balaban J connectivity index is 0.000000224. The number of rotatable bonds is 3. The molecule has 2 heterocycles. The number of benzene rings is 1. The SMILES string of the molecule is Brc1c(NC2=NCCC2)ccc2scnc12.O=C(O)/C=C/C(=O)O. The molecule has 0 atom stereocenters. The third-order valence-corrected chi connectivity index (χ3v) is 4.56. The van der Waals surface area contributed by atoms with Crippen molar-refractivity contribution in [3.63, 3.8) is 0 Å². The van der Waals surface area contributed by atoms with Crippen LogP contribution in [-0.2, 0) is 9.59 Å². The molecule has 0 fully saturated rings. The normalized spacial score (nSPS) is 13.5. The van der Waals surface area contributed by atoms with E-state index in [1.54, 1.807) is 11.3 Å². The molecule has 1 aromatic heterocycles. The van der Waals surface area contributed by atoms with Crippen LogP contribution in [0.4, 0.5) is 5.69 Å². The molecule has 126 valence electrons. The fourth-order valence-electron chi connectivity index (χ4n) is 1.93. The van der Waals surface area contributed by atoms with E-state index in [1.165, 1.54) is 4.70 Å². The minimum Gasteiger partial charge on any atom is -0.478 e. The van der Waals surface area contributed by atoms with E-state index in [-0.39, 0.29) is 0 Å². The highest BCUT2D eigenvalue weighted by atomic mass is 79.9. The average Bonchev–Trinajstić information content (AvgIpc) is 3.20. The van der Waals surface area contributed by atoms with Crippen LogP contribution in [0.5, 0.6) is 0 Å². The van der Waals surface area contributed by atoms with Gasteiger partial charge in [-0.2, -0.15) is 0 Å². The Morgan fingerprint density at radius 2 is 1.96 bits per heavy atom. The lowest BCUT2D eigenvalue weighted by molar-refractivity contribution is -0.134. The molecule has 9 heteroatoms. The Labute approximate surface area is 149 Å². The molecule has 3 rings (SSSR count). The quantitative estimate of drug-likeness (QED) is 0.667. The van der Waals surface area contributed by atoms with Gasteiger partial charge in [0.1, 0.15) is 5.84 Å². The number of nitrogens with zero attached hydrogens (tertiary/aromatic N) is 2. The smallest absolute Gasteiger partial charge is 0.328 e. The fourth-order valence-corrected chi connectivity index (χ4v) is 3.30. The highest BCUT2D eigenvalue weighted by Gasteiger charge is 2.11. The van der Waals surface area contributed by atoms with E-state index < -0.39 is 11.9 Å². The van der Waals surface area contributed by atoms with E-state index in [0.717, 1.165) is 40.9 Å². The lowest BCUT2D eigenvalue weighted by Gasteiger charge is -2.08. The number of hydrogen-bond acceptors (Lipinski definition) is 6. The molecule has 3 N–H and O–H groups in total. The summed E-state index contributed by atoms with van der Waals surface area (Å²) < 4.78 is 2.23. The maximum Gasteiger partial charge on any atom is 0.328 e. The van der Waals surface area contributed by atoms with Crippen molar-refractivity contribution in [3.8, 4) is 0 Å². The van der Waals surface area contributed by atoms with Gasteiger partial charge in [-0.05, 0) is 34.5 Å². The first-order chi connectivity index (χ1) is 11.5. The Bertz CT molecular complexity index is 800. The first kappa shape index (κ1) is 18.1. The molecule has 0 saturated heterocycles. The van der Waals surface area contributed by atoms with Crippen molar-refractivity contribution >= 4 is 60.9 Å². The zero-order chi connectivity index (χ0) is 17.5. The molecule has 0 spiro atoms. The van der Waals surface area contributed by atoms with Gasteiger partial charge in [0.25, 0.3) is 0 Å². The van der Waals surface area contributed by atoms with E-state index in [9.17, 15) is 9.59 Å². The molecule has 2 aromatic rings. The summed E-state index contributed by atoms with van der Waals surface area (Å²) in [5.41, 5.74) is 3.94. The molecule has 1 aliphatic heterocycles. The third-order valence-electron chi connectivity index (χ3n) is 2.96. The van der Waals surface area contributed by atoms with Crippen LogP contribution >= 0.6 is 27.3 Å². The Hall–Kier alpha value is -2.26. The Kier molecular flexibility index (Phi) is 6.44. The van der Waals surface area contributed by atoms with Crippen molar-refractivity contribution in [2.45, 2.75) is 12.8 Å². The van der Waals surface area contributed by atoms with E-state index in [2.05, 4.69) is 43.4 Å². The number of amidine groups is 1. The molecule has 0 radical (unpaired) electrons. The van der Waals surface area contributed by atoms with Crippen LogP contribution in [0.25, 0.3) is 10.2 Å². The van der Waals surface area contributed by atoms with Crippen molar-refractivity contribution in [2.24, 2.45) is 4.99 Å². The predicted octanol–water partition coefficient (Wildman–Crippen LogP) is 3.37. The first-order valence-corrected chi connectivity index (χ1v) is 8.60. The summed E-state index contributed by atoms with van der Waals surface area (Å²) in [4.78, 5) is 27.9. The number of carboxylic acids is 2. The van der Waals surface area contributed by atoms with Gasteiger partial charge in [-0.1, -0.05) is 0 Å². The van der Waals surface area contributed by atoms with E-state index >= 15 is 0 Å². The molecular weight excluding hydrogens is 398 g/mol. The number of hydrogen-bond donors (Lipinski definition) is 3. The van der Waals surface area contributed by atoms with Crippen molar-refractivity contribution in [3.05, 3.63) is 34.3 Å². The van der Waals surface area contributed by atoms with Gasteiger partial charge in [0.15, 0.2) is 0 Å². The molecule has 1 aromatic carbocycles. The first-order valence-electron chi connectivity index (χ1n) is 6.93. The number of carbonyl (C=O) groups is 2. The number of aliphatic imine (C=N–C) groups is 1. The average molecular weight is 412 g/mol. The summed E-state index contributed by atoms with van der Waals surface area (Å²) in [5, 5.41) is 19.0. The van der Waals surface area contributed by atoms with Crippen LogP contribution in [0, 0.1) is 0 Å². The minimum atomic E-state index is -1.26. The van der Waals surface area contributed by atoms with Crippen LogP contribution in [0.1, 0.15) is 12.8 Å². The van der Waals surface area contributed by atoms with Gasteiger partial charge in [-0.25, -0.2) is 14.6 Å². The van der Waals surface area contributed by atoms with Gasteiger partial charge in [-0.15, -0.1) is 11.3 Å². The maximum atomic E-state index is 9.55. The van der Waals surface area contributed by atoms with Crippen LogP contribution in [0.2, 0.25) is 0 Å². The maximum absolute atomic E-state index is 9.55. The van der Waals surface area contributed by atoms with Crippen LogP contribution in [0.3, 0.4) is 0 Å². The molecule has 0 unspecified atom stereocenters. The Morgan fingerprint density at radius 1 is 1.25 bits per heavy atom. The van der Waals surface area contributed by atoms with Gasteiger partial charge in [-0.3, -0.25) is 4.99 Å². The number of halogens is 1. The second-order valence-electron chi connectivity index (χ2n) is 4.69. The summed E-state index contributed by atoms with van der Waals surface area (Å²) in [5.74, 6) is -1.44. The number of anilines is 1. The third kappa shape index (κ3) is 5.14. The number of aromatic nitrogens is 1. The zero-order valence-corrected chi connectivity index (χ0v) is 14.8. The second-order valence-corrected chi connectivity index (χ2v) is 6.37. The zero-order valence-electron chi connectivity index (χ0n) is 12.4. The van der Waals surface area contributed by atoms with E-state index in [1.807, 2.05) is 5.51 Å². The summed E-state index contributed by atoms with van der Waals surface area (Å²) in [6.45, 7) is 0.943. The fraction of sp³-hybridized carbons (Fsp3) is 0.200. The number of nitrogens with one attached hydrogen (secondary N) is 1. The summed E-state index contributed by atoms with van der Waals surface area (Å²) in [6, 6.07) is 4.17. The van der Waals surface area contributed by atoms with E-state index in [4.69, 9.17) is 10.2 Å². The van der Waals surface area contributed by atoms with Crippen molar-refractivity contribution in [2.75, 3.05) is 11.9 Å².